The zero-order valence-corrected chi connectivity index (χ0v) is 10.0. The molecule has 0 spiro atoms. The number of nitrogens with two attached hydrogens (primary N) is 1. The molecule has 7 atom stereocenters. The maximum absolute atomic E-state index is 9.71. The van der Waals surface area contributed by atoms with Crippen molar-refractivity contribution in [3.8, 4) is 0 Å². The van der Waals surface area contributed by atoms with Gasteiger partial charge in [-0.25, -0.2) is 0 Å². The fourth-order valence-corrected chi connectivity index (χ4v) is 2.34. The molecule has 1 heterocycles. The maximum Gasteiger partial charge on any atom is 0.132 e. The van der Waals surface area contributed by atoms with Crippen LogP contribution in [0.3, 0.4) is 0 Å². The van der Waals surface area contributed by atoms with E-state index in [0.29, 0.717) is 0 Å². The monoisotopic (exact) mass is 253 g/mol. The summed E-state index contributed by atoms with van der Waals surface area (Å²) in [5.41, 5.74) is 5.01. The van der Waals surface area contributed by atoms with Crippen molar-refractivity contribution in [2.24, 2.45) is 5.73 Å². The molecule has 0 amide bonds. The first-order valence-electron chi connectivity index (χ1n) is 5.06. The van der Waals surface area contributed by atoms with Gasteiger partial charge in [0.25, 0.3) is 0 Å². The van der Waals surface area contributed by atoms with Gasteiger partial charge in [0, 0.05) is 0 Å². The summed E-state index contributed by atoms with van der Waals surface area (Å²) in [4.78, 5) is 0. The quantitative estimate of drug-likeness (QED) is 0.390. The minimum absolute atomic E-state index is 0.659. The number of thioether (sulfide) groups is 1. The molecule has 1 rings (SSSR count). The standard InChI is InChI=1S/C9H19NO5S/c1-3(11)4(10)8-6(13)5(12)7(14)9(15-8)16-2/h3-9,11-14H,10H2,1-2H3/t3-,4+,5+,6+,7-,8+,9-/m0/s1. The number of ether oxygens (including phenoxy) is 1. The summed E-state index contributed by atoms with van der Waals surface area (Å²) in [6.45, 7) is 1.48. The summed E-state index contributed by atoms with van der Waals surface area (Å²) in [6.07, 6.45) is -3.84. The van der Waals surface area contributed by atoms with Gasteiger partial charge in [0.15, 0.2) is 0 Å². The van der Waals surface area contributed by atoms with Crippen LogP contribution in [0.1, 0.15) is 6.92 Å². The molecule has 0 saturated carbocycles. The Morgan fingerprint density at radius 2 is 1.75 bits per heavy atom. The van der Waals surface area contributed by atoms with E-state index < -0.39 is 42.0 Å². The topological polar surface area (TPSA) is 116 Å². The predicted octanol–water partition coefficient (Wildman–Crippen LogP) is -2.13. The lowest BCUT2D eigenvalue weighted by Crippen LogP contribution is -2.63. The smallest absolute Gasteiger partial charge is 0.132 e. The van der Waals surface area contributed by atoms with Crippen LogP contribution in [0.2, 0.25) is 0 Å². The van der Waals surface area contributed by atoms with Gasteiger partial charge in [-0.2, -0.15) is 0 Å². The van der Waals surface area contributed by atoms with Crippen molar-refractivity contribution in [1.82, 2.24) is 0 Å². The van der Waals surface area contributed by atoms with Crippen LogP contribution in [0.5, 0.6) is 0 Å². The summed E-state index contributed by atoms with van der Waals surface area (Å²) in [5, 5.41) is 38.2. The van der Waals surface area contributed by atoms with Crippen molar-refractivity contribution >= 4 is 11.8 Å². The van der Waals surface area contributed by atoms with E-state index in [0.717, 1.165) is 0 Å². The van der Waals surface area contributed by atoms with Crippen LogP contribution in [0.25, 0.3) is 0 Å². The van der Waals surface area contributed by atoms with Gasteiger partial charge in [0.1, 0.15) is 29.9 Å². The Hall–Kier alpha value is 0.110. The normalized spacial score (nSPS) is 44.1. The molecule has 0 bridgehead atoms. The second kappa shape index (κ2) is 5.63. The molecule has 1 aliphatic heterocycles. The fraction of sp³-hybridized carbons (Fsp3) is 1.00. The highest BCUT2D eigenvalue weighted by atomic mass is 32.2. The highest BCUT2D eigenvalue weighted by Gasteiger charge is 2.46. The van der Waals surface area contributed by atoms with Gasteiger partial charge < -0.3 is 30.9 Å². The summed E-state index contributed by atoms with van der Waals surface area (Å²) in [5.74, 6) is 0. The molecule has 6 N–H and O–H groups in total. The molecule has 0 unspecified atom stereocenters. The Bertz CT molecular complexity index is 228. The van der Waals surface area contributed by atoms with Crippen molar-refractivity contribution < 1.29 is 25.2 Å². The molecule has 1 fully saturated rings. The number of hydrogen-bond donors (Lipinski definition) is 5. The Kier molecular flexibility index (Phi) is 4.99. The van der Waals surface area contributed by atoms with Crippen molar-refractivity contribution in [3.63, 3.8) is 0 Å². The van der Waals surface area contributed by atoms with E-state index in [-0.39, 0.29) is 0 Å². The highest BCUT2D eigenvalue weighted by Crippen LogP contribution is 2.28. The number of aliphatic hydroxyl groups is 4. The molecule has 1 saturated heterocycles. The van der Waals surface area contributed by atoms with Gasteiger partial charge in [0.05, 0.1) is 12.1 Å². The largest absolute Gasteiger partial charge is 0.392 e. The first-order chi connectivity index (χ1) is 7.40. The molecule has 0 aliphatic carbocycles. The number of rotatable bonds is 3. The second-order valence-corrected chi connectivity index (χ2v) is 4.93. The van der Waals surface area contributed by atoms with E-state index in [4.69, 9.17) is 10.5 Å². The lowest BCUT2D eigenvalue weighted by Gasteiger charge is -2.42. The van der Waals surface area contributed by atoms with E-state index in [2.05, 4.69) is 0 Å². The van der Waals surface area contributed by atoms with Crippen molar-refractivity contribution in [2.45, 2.75) is 48.9 Å². The van der Waals surface area contributed by atoms with Crippen LogP contribution in [-0.2, 0) is 4.74 Å². The third kappa shape index (κ3) is 2.67. The van der Waals surface area contributed by atoms with Crippen LogP contribution >= 0.6 is 11.8 Å². The van der Waals surface area contributed by atoms with E-state index in [1.54, 1.807) is 6.26 Å². The van der Waals surface area contributed by atoms with Crippen LogP contribution < -0.4 is 5.73 Å². The number of aliphatic hydroxyl groups excluding tert-OH is 4. The summed E-state index contributed by atoms with van der Waals surface area (Å²) >= 11 is 1.21. The van der Waals surface area contributed by atoms with Crippen LogP contribution in [0.15, 0.2) is 0 Å². The van der Waals surface area contributed by atoms with Gasteiger partial charge in [-0.1, -0.05) is 0 Å². The molecule has 0 radical (unpaired) electrons. The van der Waals surface area contributed by atoms with Crippen LogP contribution in [0, 0.1) is 0 Å². The van der Waals surface area contributed by atoms with Gasteiger partial charge >= 0.3 is 0 Å². The summed E-state index contributed by atoms with van der Waals surface area (Å²) in [7, 11) is 0. The Morgan fingerprint density at radius 3 is 2.19 bits per heavy atom. The second-order valence-electron chi connectivity index (χ2n) is 3.99. The molecule has 0 aromatic rings. The highest BCUT2D eigenvalue weighted by molar-refractivity contribution is 7.99. The lowest BCUT2D eigenvalue weighted by atomic mass is 9.93. The van der Waals surface area contributed by atoms with Gasteiger partial charge in [-0.05, 0) is 13.2 Å². The third-order valence-corrected chi connectivity index (χ3v) is 3.63. The molecule has 6 nitrogen and oxygen atoms in total. The van der Waals surface area contributed by atoms with Crippen molar-refractivity contribution in [2.75, 3.05) is 6.26 Å². The van der Waals surface area contributed by atoms with E-state index in [1.165, 1.54) is 18.7 Å². The molecule has 96 valence electrons. The first kappa shape index (κ1) is 14.2. The molecule has 0 aromatic carbocycles. The van der Waals surface area contributed by atoms with E-state index in [9.17, 15) is 20.4 Å². The third-order valence-electron chi connectivity index (χ3n) is 2.78. The molecule has 1 aliphatic rings. The molecule has 16 heavy (non-hydrogen) atoms. The lowest BCUT2D eigenvalue weighted by molar-refractivity contribution is -0.207. The molecule has 7 heteroatoms. The summed E-state index contributed by atoms with van der Waals surface area (Å²) in [6, 6.07) is -0.813. The van der Waals surface area contributed by atoms with Gasteiger partial charge in [-0.3, -0.25) is 0 Å². The van der Waals surface area contributed by atoms with E-state index >= 15 is 0 Å². The average Bonchev–Trinajstić information content (AvgIpc) is 2.25. The number of hydrogen-bond acceptors (Lipinski definition) is 7. The minimum atomic E-state index is -1.32. The van der Waals surface area contributed by atoms with Crippen LogP contribution in [-0.4, -0.2) is 68.7 Å². The predicted molar refractivity (Wildman–Crippen MR) is 59.9 cm³/mol. The average molecular weight is 253 g/mol. The maximum atomic E-state index is 9.71. The minimum Gasteiger partial charge on any atom is -0.392 e. The molecular weight excluding hydrogens is 234 g/mol. The molecular formula is C9H19NO5S. The van der Waals surface area contributed by atoms with Crippen LogP contribution in [0.4, 0.5) is 0 Å². The van der Waals surface area contributed by atoms with Crippen molar-refractivity contribution in [1.29, 1.82) is 0 Å². The fourth-order valence-electron chi connectivity index (χ4n) is 1.66. The first-order valence-corrected chi connectivity index (χ1v) is 6.35. The Labute approximate surface area is 98.4 Å². The zero-order valence-electron chi connectivity index (χ0n) is 9.22. The van der Waals surface area contributed by atoms with Gasteiger partial charge in [0.2, 0.25) is 0 Å². The Morgan fingerprint density at radius 1 is 1.19 bits per heavy atom. The van der Waals surface area contributed by atoms with E-state index in [1.807, 2.05) is 0 Å². The van der Waals surface area contributed by atoms with Crippen molar-refractivity contribution in [3.05, 3.63) is 0 Å². The van der Waals surface area contributed by atoms with Gasteiger partial charge in [-0.15, -0.1) is 11.8 Å². The zero-order chi connectivity index (χ0) is 12.5. The Balaban J connectivity index is 2.78. The SMILES string of the molecule is CS[C@@H]1O[C@H]([C@H](N)[C@H](C)O)[C@H](O)[C@@H](O)[C@@H]1O. The summed E-state index contributed by atoms with van der Waals surface area (Å²) < 4.78 is 5.37. The molecule has 0 aromatic heterocycles.